The van der Waals surface area contributed by atoms with Crippen LogP contribution in [0.25, 0.3) is 0 Å². The molecule has 1 rings (SSSR count). The average Bonchev–Trinajstić information content (AvgIpc) is 2.36. The van der Waals surface area contributed by atoms with Gasteiger partial charge in [0.05, 0.1) is 18.7 Å². The Bertz CT molecular complexity index is 420. The fourth-order valence-corrected chi connectivity index (χ4v) is 1.53. The molecule has 1 amide bonds. The van der Waals surface area contributed by atoms with Gasteiger partial charge in [0, 0.05) is 6.54 Å². The molecule has 0 aliphatic carbocycles. The quantitative estimate of drug-likeness (QED) is 0.727. The maximum Gasteiger partial charge on any atom is 0.258 e. The average molecular weight is 231 g/mol. The second-order valence-corrected chi connectivity index (χ2v) is 3.45. The van der Waals surface area contributed by atoms with E-state index in [1.165, 1.54) is 0 Å². The fourth-order valence-electron chi connectivity index (χ4n) is 1.53. The minimum atomic E-state index is -0.0884. The van der Waals surface area contributed by atoms with Crippen molar-refractivity contribution in [2.75, 3.05) is 19.7 Å². The summed E-state index contributed by atoms with van der Waals surface area (Å²) in [7, 11) is 0. The SMILES string of the molecule is C#CCN(CC)C(=O)c1ccccc1OCC. The summed E-state index contributed by atoms with van der Waals surface area (Å²) >= 11 is 0. The van der Waals surface area contributed by atoms with Crippen molar-refractivity contribution in [1.82, 2.24) is 4.90 Å². The first-order chi connectivity index (χ1) is 8.24. The fraction of sp³-hybridized carbons (Fsp3) is 0.357. The van der Waals surface area contributed by atoms with Crippen LogP contribution in [-0.2, 0) is 0 Å². The van der Waals surface area contributed by atoms with Crippen molar-refractivity contribution in [3.05, 3.63) is 29.8 Å². The minimum Gasteiger partial charge on any atom is -0.493 e. The van der Waals surface area contributed by atoms with Crippen molar-refractivity contribution >= 4 is 5.91 Å². The van der Waals surface area contributed by atoms with Gasteiger partial charge >= 0.3 is 0 Å². The van der Waals surface area contributed by atoms with Gasteiger partial charge in [0.1, 0.15) is 5.75 Å². The van der Waals surface area contributed by atoms with Gasteiger partial charge in [-0.15, -0.1) is 6.42 Å². The molecular formula is C14H17NO2. The van der Waals surface area contributed by atoms with Gasteiger partial charge in [-0.1, -0.05) is 18.1 Å². The first-order valence-electron chi connectivity index (χ1n) is 5.69. The first-order valence-corrected chi connectivity index (χ1v) is 5.69. The highest BCUT2D eigenvalue weighted by Gasteiger charge is 2.17. The van der Waals surface area contributed by atoms with Gasteiger partial charge in [0.2, 0.25) is 0 Å². The molecule has 3 heteroatoms. The summed E-state index contributed by atoms with van der Waals surface area (Å²) in [4.78, 5) is 13.8. The number of terminal acetylenes is 1. The molecule has 0 bridgehead atoms. The van der Waals surface area contributed by atoms with Crippen molar-refractivity contribution in [3.63, 3.8) is 0 Å². The Labute approximate surface area is 102 Å². The van der Waals surface area contributed by atoms with Crippen molar-refractivity contribution in [3.8, 4) is 18.1 Å². The summed E-state index contributed by atoms with van der Waals surface area (Å²) in [6, 6.07) is 7.21. The predicted octanol–water partition coefficient (Wildman–Crippen LogP) is 2.18. The van der Waals surface area contributed by atoms with E-state index in [-0.39, 0.29) is 5.91 Å². The van der Waals surface area contributed by atoms with E-state index in [1.807, 2.05) is 26.0 Å². The van der Waals surface area contributed by atoms with Crippen LogP contribution >= 0.6 is 0 Å². The largest absolute Gasteiger partial charge is 0.493 e. The second kappa shape index (κ2) is 6.59. The number of benzene rings is 1. The zero-order chi connectivity index (χ0) is 12.7. The molecule has 0 spiro atoms. The molecule has 0 unspecified atom stereocenters. The summed E-state index contributed by atoms with van der Waals surface area (Å²) in [5, 5.41) is 0. The number of hydrogen-bond acceptors (Lipinski definition) is 2. The Morgan fingerprint density at radius 3 is 2.71 bits per heavy atom. The van der Waals surface area contributed by atoms with Crippen LogP contribution in [0.5, 0.6) is 5.75 Å². The molecule has 0 fully saturated rings. The standard InChI is InChI=1S/C14H17NO2/c1-4-11-15(5-2)14(16)12-9-7-8-10-13(12)17-6-3/h1,7-10H,5-6,11H2,2-3H3. The van der Waals surface area contributed by atoms with Crippen LogP contribution in [0.15, 0.2) is 24.3 Å². The number of rotatable bonds is 5. The zero-order valence-electron chi connectivity index (χ0n) is 10.3. The normalized spacial score (nSPS) is 9.47. The van der Waals surface area contributed by atoms with Crippen LogP contribution in [-0.4, -0.2) is 30.5 Å². The van der Waals surface area contributed by atoms with E-state index >= 15 is 0 Å². The van der Waals surface area contributed by atoms with E-state index < -0.39 is 0 Å². The first kappa shape index (κ1) is 13.1. The second-order valence-electron chi connectivity index (χ2n) is 3.45. The van der Waals surface area contributed by atoms with E-state index in [0.29, 0.717) is 31.0 Å². The number of ether oxygens (including phenoxy) is 1. The van der Waals surface area contributed by atoms with Gasteiger partial charge < -0.3 is 9.64 Å². The van der Waals surface area contributed by atoms with Gasteiger partial charge in [0.15, 0.2) is 0 Å². The molecule has 0 saturated carbocycles. The maximum absolute atomic E-state index is 12.2. The Kier molecular flexibility index (Phi) is 5.09. The lowest BCUT2D eigenvalue weighted by molar-refractivity contribution is 0.0781. The summed E-state index contributed by atoms with van der Waals surface area (Å²) in [5.41, 5.74) is 0.562. The number of amides is 1. The van der Waals surface area contributed by atoms with E-state index in [2.05, 4.69) is 5.92 Å². The Morgan fingerprint density at radius 2 is 2.12 bits per heavy atom. The van der Waals surface area contributed by atoms with Gasteiger partial charge in [-0.2, -0.15) is 0 Å². The Morgan fingerprint density at radius 1 is 1.41 bits per heavy atom. The number of nitrogens with zero attached hydrogens (tertiary/aromatic N) is 1. The van der Waals surface area contributed by atoms with E-state index in [9.17, 15) is 4.79 Å². The maximum atomic E-state index is 12.2. The highest BCUT2D eigenvalue weighted by molar-refractivity contribution is 5.97. The predicted molar refractivity (Wildman–Crippen MR) is 68.0 cm³/mol. The van der Waals surface area contributed by atoms with E-state index in [4.69, 9.17) is 11.2 Å². The highest BCUT2D eigenvalue weighted by Crippen LogP contribution is 2.19. The van der Waals surface area contributed by atoms with Gasteiger partial charge in [-0.05, 0) is 26.0 Å². The zero-order valence-corrected chi connectivity index (χ0v) is 10.3. The Balaban J connectivity index is 2.98. The Hall–Kier alpha value is -1.95. The molecule has 0 atom stereocenters. The molecule has 0 saturated heterocycles. The van der Waals surface area contributed by atoms with Crippen molar-refractivity contribution in [2.24, 2.45) is 0 Å². The van der Waals surface area contributed by atoms with Crippen LogP contribution in [0.4, 0.5) is 0 Å². The van der Waals surface area contributed by atoms with Crippen LogP contribution in [0.3, 0.4) is 0 Å². The molecule has 0 aromatic heterocycles. The van der Waals surface area contributed by atoms with Crippen molar-refractivity contribution < 1.29 is 9.53 Å². The summed E-state index contributed by atoms with van der Waals surface area (Å²) in [6.07, 6.45) is 5.24. The van der Waals surface area contributed by atoms with Crippen molar-refractivity contribution in [1.29, 1.82) is 0 Å². The molecule has 0 radical (unpaired) electrons. The molecule has 90 valence electrons. The number of para-hydroxylation sites is 1. The van der Waals surface area contributed by atoms with Crippen LogP contribution in [0.2, 0.25) is 0 Å². The number of hydrogen-bond donors (Lipinski definition) is 0. The number of carbonyl (C=O) groups is 1. The molecule has 3 nitrogen and oxygen atoms in total. The van der Waals surface area contributed by atoms with Crippen LogP contribution in [0.1, 0.15) is 24.2 Å². The highest BCUT2D eigenvalue weighted by atomic mass is 16.5. The van der Waals surface area contributed by atoms with E-state index in [0.717, 1.165) is 0 Å². The summed E-state index contributed by atoms with van der Waals surface area (Å²) in [5.74, 6) is 3.00. The lowest BCUT2D eigenvalue weighted by Gasteiger charge is -2.19. The van der Waals surface area contributed by atoms with Crippen molar-refractivity contribution in [2.45, 2.75) is 13.8 Å². The summed E-state index contributed by atoms with van der Waals surface area (Å²) in [6.45, 7) is 5.23. The lowest BCUT2D eigenvalue weighted by atomic mass is 10.1. The molecule has 0 N–H and O–H groups in total. The molecule has 0 aliphatic heterocycles. The van der Waals surface area contributed by atoms with Crippen LogP contribution < -0.4 is 4.74 Å². The van der Waals surface area contributed by atoms with Gasteiger partial charge in [-0.25, -0.2) is 0 Å². The van der Waals surface area contributed by atoms with Gasteiger partial charge in [0.25, 0.3) is 5.91 Å². The smallest absolute Gasteiger partial charge is 0.258 e. The summed E-state index contributed by atoms with van der Waals surface area (Å²) < 4.78 is 5.43. The topological polar surface area (TPSA) is 29.5 Å². The van der Waals surface area contributed by atoms with Gasteiger partial charge in [-0.3, -0.25) is 4.79 Å². The molecule has 0 heterocycles. The molecular weight excluding hydrogens is 214 g/mol. The molecule has 1 aromatic rings. The molecule has 0 aliphatic rings. The third kappa shape index (κ3) is 3.25. The monoisotopic (exact) mass is 231 g/mol. The minimum absolute atomic E-state index is 0.0884. The molecule has 17 heavy (non-hydrogen) atoms. The number of carbonyl (C=O) groups excluding carboxylic acids is 1. The van der Waals surface area contributed by atoms with Crippen LogP contribution in [0, 0.1) is 12.3 Å². The van der Waals surface area contributed by atoms with E-state index in [1.54, 1.807) is 17.0 Å². The third-order valence-electron chi connectivity index (χ3n) is 2.37. The third-order valence-corrected chi connectivity index (χ3v) is 2.37. The lowest BCUT2D eigenvalue weighted by Crippen LogP contribution is -2.31. The molecule has 1 aromatic carbocycles.